The van der Waals surface area contributed by atoms with Gasteiger partial charge in [0.25, 0.3) is 0 Å². The van der Waals surface area contributed by atoms with Gasteiger partial charge in [0.15, 0.2) is 5.96 Å². The zero-order valence-corrected chi connectivity index (χ0v) is 14.9. The lowest BCUT2D eigenvalue weighted by molar-refractivity contribution is 0.0389. The zero-order chi connectivity index (χ0) is 17.0. The summed E-state index contributed by atoms with van der Waals surface area (Å²) in [7, 11) is 3.51. The number of hydrogen-bond acceptors (Lipinski definition) is 4. The monoisotopic (exact) mass is 334 g/mol. The maximum atomic E-state index is 5.36. The molecular weight excluding hydrogens is 304 g/mol. The second-order valence-corrected chi connectivity index (χ2v) is 5.83. The normalized spacial score (nSPS) is 16.0. The highest BCUT2D eigenvalue weighted by molar-refractivity contribution is 5.79. The van der Waals surface area contributed by atoms with Gasteiger partial charge in [-0.25, -0.2) is 0 Å². The Bertz CT molecular complexity index is 502. The van der Waals surface area contributed by atoms with E-state index < -0.39 is 0 Å². The van der Waals surface area contributed by atoms with Crippen molar-refractivity contribution in [2.45, 2.75) is 12.8 Å². The Morgan fingerprint density at radius 2 is 2.04 bits per heavy atom. The van der Waals surface area contributed by atoms with Gasteiger partial charge in [-0.3, -0.25) is 9.89 Å². The Kier molecular flexibility index (Phi) is 8.41. The molecule has 0 unspecified atom stereocenters. The van der Waals surface area contributed by atoms with Crippen LogP contribution >= 0.6 is 0 Å². The van der Waals surface area contributed by atoms with Crippen molar-refractivity contribution in [3.05, 3.63) is 29.8 Å². The van der Waals surface area contributed by atoms with E-state index in [1.54, 1.807) is 7.11 Å². The van der Waals surface area contributed by atoms with Crippen LogP contribution in [0.5, 0.6) is 5.75 Å². The van der Waals surface area contributed by atoms with Crippen molar-refractivity contribution in [3.63, 3.8) is 0 Å². The summed E-state index contributed by atoms with van der Waals surface area (Å²) >= 11 is 0. The van der Waals surface area contributed by atoms with Crippen LogP contribution < -0.4 is 15.4 Å². The van der Waals surface area contributed by atoms with Crippen LogP contribution in [0.15, 0.2) is 29.3 Å². The third kappa shape index (κ3) is 6.76. The molecule has 1 saturated heterocycles. The average molecular weight is 334 g/mol. The van der Waals surface area contributed by atoms with Crippen molar-refractivity contribution in [3.8, 4) is 5.75 Å². The Hall–Kier alpha value is -1.79. The van der Waals surface area contributed by atoms with E-state index in [1.165, 1.54) is 5.56 Å². The molecule has 2 rings (SSSR count). The summed E-state index contributed by atoms with van der Waals surface area (Å²) < 4.78 is 10.6. The molecular formula is C18H30N4O2. The first-order valence-electron chi connectivity index (χ1n) is 8.69. The van der Waals surface area contributed by atoms with Crippen LogP contribution in [0.1, 0.15) is 12.0 Å². The van der Waals surface area contributed by atoms with Crippen molar-refractivity contribution < 1.29 is 9.47 Å². The summed E-state index contributed by atoms with van der Waals surface area (Å²) in [5.74, 6) is 1.79. The molecule has 6 heteroatoms. The number of aryl methyl sites for hydroxylation is 1. The fourth-order valence-electron chi connectivity index (χ4n) is 2.71. The van der Waals surface area contributed by atoms with Crippen LogP contribution in [-0.4, -0.2) is 71.0 Å². The predicted molar refractivity (Wildman–Crippen MR) is 97.9 cm³/mol. The Labute approximate surface area is 145 Å². The van der Waals surface area contributed by atoms with Crippen molar-refractivity contribution in [2.24, 2.45) is 4.99 Å². The Balaban J connectivity index is 1.59. The molecule has 0 aliphatic carbocycles. The molecule has 0 aromatic heterocycles. The lowest BCUT2D eigenvalue weighted by Gasteiger charge is -2.26. The van der Waals surface area contributed by atoms with Crippen LogP contribution in [0.4, 0.5) is 0 Å². The number of hydrogen-bond donors (Lipinski definition) is 2. The molecule has 0 atom stereocenters. The molecule has 1 heterocycles. The molecule has 134 valence electrons. The molecule has 24 heavy (non-hydrogen) atoms. The molecule has 0 bridgehead atoms. The van der Waals surface area contributed by atoms with Gasteiger partial charge in [0, 0.05) is 39.8 Å². The molecule has 0 amide bonds. The van der Waals surface area contributed by atoms with Gasteiger partial charge in [-0.1, -0.05) is 12.1 Å². The van der Waals surface area contributed by atoms with E-state index in [4.69, 9.17) is 9.47 Å². The van der Waals surface area contributed by atoms with Gasteiger partial charge >= 0.3 is 0 Å². The minimum Gasteiger partial charge on any atom is -0.497 e. The summed E-state index contributed by atoms with van der Waals surface area (Å²) in [4.78, 5) is 6.68. The predicted octanol–water partition coefficient (Wildman–Crippen LogP) is 1.12. The van der Waals surface area contributed by atoms with Gasteiger partial charge in [0.05, 0.1) is 20.3 Å². The molecule has 1 aliphatic rings. The molecule has 1 aromatic carbocycles. The first kappa shape index (κ1) is 18.5. The lowest BCUT2D eigenvalue weighted by Crippen LogP contribution is -2.44. The number of guanidine groups is 1. The minimum absolute atomic E-state index is 0.844. The number of rotatable bonds is 8. The van der Waals surface area contributed by atoms with Gasteiger partial charge in [0.1, 0.15) is 5.75 Å². The van der Waals surface area contributed by atoms with Crippen LogP contribution in [0.25, 0.3) is 0 Å². The largest absolute Gasteiger partial charge is 0.497 e. The third-order valence-corrected chi connectivity index (χ3v) is 4.12. The smallest absolute Gasteiger partial charge is 0.191 e. The topological polar surface area (TPSA) is 58.1 Å². The highest BCUT2D eigenvalue weighted by atomic mass is 16.5. The fourth-order valence-corrected chi connectivity index (χ4v) is 2.71. The van der Waals surface area contributed by atoms with E-state index in [0.29, 0.717) is 0 Å². The molecule has 1 fully saturated rings. The third-order valence-electron chi connectivity index (χ3n) is 4.12. The first-order chi connectivity index (χ1) is 11.8. The molecule has 2 N–H and O–H groups in total. The summed E-state index contributed by atoms with van der Waals surface area (Å²) in [6.45, 7) is 6.55. The van der Waals surface area contributed by atoms with E-state index in [9.17, 15) is 0 Å². The van der Waals surface area contributed by atoms with Crippen molar-refractivity contribution >= 4 is 5.96 Å². The van der Waals surface area contributed by atoms with E-state index in [-0.39, 0.29) is 0 Å². The van der Waals surface area contributed by atoms with Gasteiger partial charge in [-0.05, 0) is 30.5 Å². The number of benzene rings is 1. The molecule has 0 spiro atoms. The minimum atomic E-state index is 0.844. The number of methoxy groups -OCH3 is 1. The number of nitrogens with one attached hydrogen (secondary N) is 2. The van der Waals surface area contributed by atoms with Crippen molar-refractivity contribution in [1.82, 2.24) is 15.5 Å². The highest BCUT2D eigenvalue weighted by Gasteiger charge is 2.09. The number of ether oxygens (including phenoxy) is 2. The summed E-state index contributed by atoms with van der Waals surface area (Å²) in [5.41, 5.74) is 1.30. The molecule has 6 nitrogen and oxygen atoms in total. The second-order valence-electron chi connectivity index (χ2n) is 5.83. The SMILES string of the molecule is CN=C(NCCCc1cccc(OC)c1)NCCN1CCOCC1. The highest BCUT2D eigenvalue weighted by Crippen LogP contribution is 2.13. The van der Waals surface area contributed by atoms with Gasteiger partial charge in [-0.2, -0.15) is 0 Å². The summed E-state index contributed by atoms with van der Waals surface area (Å²) in [5, 5.41) is 6.74. The number of nitrogens with zero attached hydrogens (tertiary/aromatic N) is 2. The van der Waals surface area contributed by atoms with Gasteiger partial charge in [0.2, 0.25) is 0 Å². The zero-order valence-electron chi connectivity index (χ0n) is 14.9. The van der Waals surface area contributed by atoms with E-state index in [0.717, 1.165) is 70.5 Å². The number of aliphatic imine (C=N–C) groups is 1. The van der Waals surface area contributed by atoms with Gasteiger partial charge in [-0.15, -0.1) is 0 Å². The summed E-state index contributed by atoms with van der Waals surface area (Å²) in [6.07, 6.45) is 2.08. The summed E-state index contributed by atoms with van der Waals surface area (Å²) in [6, 6.07) is 8.24. The second kappa shape index (κ2) is 10.9. The number of morpholine rings is 1. The van der Waals surface area contributed by atoms with E-state index in [2.05, 4.69) is 32.7 Å². The van der Waals surface area contributed by atoms with Crippen molar-refractivity contribution in [2.75, 3.05) is 60.1 Å². The fraction of sp³-hybridized carbons (Fsp3) is 0.611. The van der Waals surface area contributed by atoms with Crippen LogP contribution in [0, 0.1) is 0 Å². The molecule has 1 aromatic rings. The Morgan fingerprint density at radius 1 is 1.25 bits per heavy atom. The molecule has 0 saturated carbocycles. The molecule has 0 radical (unpaired) electrons. The van der Waals surface area contributed by atoms with Crippen molar-refractivity contribution in [1.29, 1.82) is 0 Å². The maximum absolute atomic E-state index is 5.36. The van der Waals surface area contributed by atoms with Gasteiger partial charge < -0.3 is 20.1 Å². The maximum Gasteiger partial charge on any atom is 0.191 e. The first-order valence-corrected chi connectivity index (χ1v) is 8.69. The molecule has 1 aliphatic heterocycles. The van der Waals surface area contributed by atoms with E-state index in [1.807, 2.05) is 19.2 Å². The lowest BCUT2D eigenvalue weighted by atomic mass is 10.1. The van der Waals surface area contributed by atoms with Crippen LogP contribution in [-0.2, 0) is 11.2 Å². The van der Waals surface area contributed by atoms with Crippen LogP contribution in [0.2, 0.25) is 0 Å². The Morgan fingerprint density at radius 3 is 2.79 bits per heavy atom. The van der Waals surface area contributed by atoms with E-state index >= 15 is 0 Å². The van der Waals surface area contributed by atoms with Crippen LogP contribution in [0.3, 0.4) is 0 Å². The quantitative estimate of drug-likeness (QED) is 0.424. The average Bonchev–Trinajstić information content (AvgIpc) is 2.64. The standard InChI is InChI=1S/C18H30N4O2/c1-19-18(21-9-10-22-11-13-24-14-12-22)20-8-4-6-16-5-3-7-17(15-16)23-2/h3,5,7,15H,4,6,8-14H2,1-2H3,(H2,19,20,21).